The first-order chi connectivity index (χ1) is 11.5. The van der Waals surface area contributed by atoms with Crippen LogP contribution in [0.3, 0.4) is 0 Å². The molecule has 0 unspecified atom stereocenters. The fourth-order valence-corrected chi connectivity index (χ4v) is 1.86. The minimum absolute atomic E-state index is 0.230. The average molecular weight is 333 g/mol. The van der Waals surface area contributed by atoms with Gasteiger partial charge in [-0.3, -0.25) is 10.2 Å². The number of hydrogen-bond donors (Lipinski definition) is 3. The molecule has 2 rings (SSSR count). The summed E-state index contributed by atoms with van der Waals surface area (Å²) in [7, 11) is 0. The van der Waals surface area contributed by atoms with E-state index in [1.807, 2.05) is 30.3 Å². The van der Waals surface area contributed by atoms with Gasteiger partial charge in [-0.15, -0.1) is 0 Å². The van der Waals surface area contributed by atoms with E-state index in [9.17, 15) is 18.0 Å². The summed E-state index contributed by atoms with van der Waals surface area (Å²) >= 11 is 0. The van der Waals surface area contributed by atoms with Gasteiger partial charge in [0, 0.05) is 23.5 Å². The van der Waals surface area contributed by atoms with Crippen molar-refractivity contribution < 1.29 is 18.0 Å². The minimum atomic E-state index is -1.32. The molecule has 0 aliphatic rings. The van der Waals surface area contributed by atoms with Crippen LogP contribution in [0, 0.1) is 22.9 Å². The van der Waals surface area contributed by atoms with E-state index in [1.54, 1.807) is 0 Å². The molecule has 124 valence electrons. The molecule has 0 aromatic heterocycles. The summed E-state index contributed by atoms with van der Waals surface area (Å²) < 4.78 is 39.3. The number of carbonyl (C=O) groups is 1. The molecule has 0 radical (unpaired) electrons. The van der Waals surface area contributed by atoms with Gasteiger partial charge in [0.05, 0.1) is 6.42 Å². The standard InChI is InChI=1S/C17H14F3N3O/c18-13-10-15(20)14(19)8-11(13)9-17(24)23-16(21)6-7-22-12-4-2-1-3-5-12/h1-8,10,22H,9H2,(H2,21,23,24)/b7-6-. The zero-order valence-electron chi connectivity index (χ0n) is 12.4. The van der Waals surface area contributed by atoms with Crippen molar-refractivity contribution in [3.63, 3.8) is 0 Å². The van der Waals surface area contributed by atoms with Gasteiger partial charge in [0.1, 0.15) is 11.7 Å². The first kappa shape index (κ1) is 17.3. The minimum Gasteiger partial charge on any atom is -0.362 e. The Hall–Kier alpha value is -3.09. The van der Waals surface area contributed by atoms with Gasteiger partial charge in [-0.25, -0.2) is 13.2 Å². The molecule has 24 heavy (non-hydrogen) atoms. The van der Waals surface area contributed by atoms with Gasteiger partial charge < -0.3 is 10.6 Å². The molecule has 3 N–H and O–H groups in total. The summed E-state index contributed by atoms with van der Waals surface area (Å²) in [5.74, 6) is -4.52. The maximum absolute atomic E-state index is 13.5. The molecule has 4 nitrogen and oxygen atoms in total. The van der Waals surface area contributed by atoms with E-state index in [0.29, 0.717) is 12.1 Å². The number of rotatable bonds is 5. The van der Waals surface area contributed by atoms with Crippen LogP contribution in [0.4, 0.5) is 18.9 Å². The highest BCUT2D eigenvalue weighted by Gasteiger charge is 2.13. The first-order valence-electron chi connectivity index (χ1n) is 6.95. The smallest absolute Gasteiger partial charge is 0.230 e. The normalized spacial score (nSPS) is 10.6. The SMILES string of the molecule is N=C(/C=C\Nc1ccccc1)NC(=O)Cc1cc(F)c(F)cc1F. The molecule has 0 aliphatic heterocycles. The Balaban J connectivity index is 1.88. The molecule has 0 spiro atoms. The van der Waals surface area contributed by atoms with Crippen LogP contribution in [-0.4, -0.2) is 11.7 Å². The molecule has 2 aromatic carbocycles. The van der Waals surface area contributed by atoms with E-state index in [-0.39, 0.29) is 11.4 Å². The van der Waals surface area contributed by atoms with Crippen molar-refractivity contribution in [2.24, 2.45) is 0 Å². The molecule has 0 bridgehead atoms. The monoisotopic (exact) mass is 333 g/mol. The lowest BCUT2D eigenvalue weighted by molar-refractivity contribution is -0.119. The van der Waals surface area contributed by atoms with E-state index in [0.717, 1.165) is 5.69 Å². The van der Waals surface area contributed by atoms with Crippen LogP contribution < -0.4 is 10.6 Å². The van der Waals surface area contributed by atoms with Crippen molar-refractivity contribution in [3.05, 3.63) is 77.8 Å². The summed E-state index contributed by atoms with van der Waals surface area (Å²) in [6, 6.07) is 10.2. The van der Waals surface area contributed by atoms with E-state index < -0.39 is 29.8 Å². The van der Waals surface area contributed by atoms with Gasteiger partial charge in [-0.2, -0.15) is 0 Å². The van der Waals surface area contributed by atoms with Crippen molar-refractivity contribution >= 4 is 17.4 Å². The highest BCUT2D eigenvalue weighted by molar-refractivity contribution is 6.03. The second-order valence-corrected chi connectivity index (χ2v) is 4.84. The summed E-state index contributed by atoms with van der Waals surface area (Å²) in [4.78, 5) is 11.7. The second-order valence-electron chi connectivity index (χ2n) is 4.84. The predicted octanol–water partition coefficient (Wildman–Crippen LogP) is 3.37. The number of amides is 1. The Labute approximate surface area is 136 Å². The van der Waals surface area contributed by atoms with E-state index in [2.05, 4.69) is 10.6 Å². The fraction of sp³-hybridized carbons (Fsp3) is 0.0588. The molecule has 2 aromatic rings. The van der Waals surface area contributed by atoms with Crippen molar-refractivity contribution in [3.8, 4) is 0 Å². The van der Waals surface area contributed by atoms with Gasteiger partial charge in [0.15, 0.2) is 11.6 Å². The maximum Gasteiger partial charge on any atom is 0.230 e. The lowest BCUT2D eigenvalue weighted by Crippen LogP contribution is -2.30. The number of amidine groups is 1. The Morgan fingerprint density at radius 2 is 1.71 bits per heavy atom. The average Bonchev–Trinajstić information content (AvgIpc) is 2.53. The molecule has 0 aliphatic carbocycles. The fourth-order valence-electron chi connectivity index (χ4n) is 1.86. The number of para-hydroxylation sites is 1. The summed E-state index contributed by atoms with van der Waals surface area (Å²) in [6.45, 7) is 0. The van der Waals surface area contributed by atoms with E-state index in [4.69, 9.17) is 5.41 Å². The van der Waals surface area contributed by atoms with Crippen LogP contribution in [0.15, 0.2) is 54.7 Å². The van der Waals surface area contributed by atoms with Crippen LogP contribution in [0.2, 0.25) is 0 Å². The third-order valence-electron chi connectivity index (χ3n) is 2.99. The largest absolute Gasteiger partial charge is 0.362 e. The molecule has 0 heterocycles. The Morgan fingerprint density at radius 3 is 2.42 bits per heavy atom. The van der Waals surface area contributed by atoms with E-state index in [1.165, 1.54) is 12.3 Å². The molecular weight excluding hydrogens is 319 g/mol. The molecule has 0 saturated carbocycles. The van der Waals surface area contributed by atoms with Gasteiger partial charge in [-0.1, -0.05) is 18.2 Å². The number of nitrogens with one attached hydrogen (secondary N) is 3. The van der Waals surface area contributed by atoms with Crippen molar-refractivity contribution in [2.75, 3.05) is 5.32 Å². The van der Waals surface area contributed by atoms with Gasteiger partial charge in [0.2, 0.25) is 5.91 Å². The van der Waals surface area contributed by atoms with Crippen LogP contribution in [-0.2, 0) is 11.2 Å². The molecule has 0 saturated heterocycles. The third-order valence-corrected chi connectivity index (χ3v) is 2.99. The van der Waals surface area contributed by atoms with Crippen LogP contribution >= 0.6 is 0 Å². The molecule has 0 fully saturated rings. The first-order valence-corrected chi connectivity index (χ1v) is 6.95. The lowest BCUT2D eigenvalue weighted by Gasteiger charge is -2.06. The van der Waals surface area contributed by atoms with Gasteiger partial charge in [-0.05, 0) is 24.3 Å². The van der Waals surface area contributed by atoms with Crippen molar-refractivity contribution in [1.82, 2.24) is 5.32 Å². The number of halogens is 3. The number of anilines is 1. The summed E-state index contributed by atoms with van der Waals surface area (Å²) in [5, 5.41) is 12.7. The lowest BCUT2D eigenvalue weighted by atomic mass is 10.1. The number of hydrogen-bond acceptors (Lipinski definition) is 3. The molecule has 7 heteroatoms. The van der Waals surface area contributed by atoms with E-state index >= 15 is 0 Å². The second kappa shape index (κ2) is 7.96. The zero-order chi connectivity index (χ0) is 17.5. The van der Waals surface area contributed by atoms with Gasteiger partial charge >= 0.3 is 0 Å². The Morgan fingerprint density at radius 1 is 1.04 bits per heavy atom. The molecular formula is C17H14F3N3O. The Bertz CT molecular complexity index is 776. The van der Waals surface area contributed by atoms with Crippen LogP contribution in [0.5, 0.6) is 0 Å². The topological polar surface area (TPSA) is 65.0 Å². The highest BCUT2D eigenvalue weighted by Crippen LogP contribution is 2.14. The highest BCUT2D eigenvalue weighted by atomic mass is 19.2. The molecule has 1 amide bonds. The number of benzene rings is 2. The summed E-state index contributed by atoms with van der Waals surface area (Å²) in [5.41, 5.74) is 0.516. The molecule has 0 atom stereocenters. The quantitative estimate of drug-likeness (QED) is 0.446. The predicted molar refractivity (Wildman–Crippen MR) is 85.1 cm³/mol. The Kier molecular flexibility index (Phi) is 5.73. The van der Waals surface area contributed by atoms with Crippen molar-refractivity contribution in [1.29, 1.82) is 5.41 Å². The van der Waals surface area contributed by atoms with Gasteiger partial charge in [0.25, 0.3) is 0 Å². The van der Waals surface area contributed by atoms with Crippen molar-refractivity contribution in [2.45, 2.75) is 6.42 Å². The summed E-state index contributed by atoms with van der Waals surface area (Å²) in [6.07, 6.45) is 2.24. The zero-order valence-corrected chi connectivity index (χ0v) is 12.4. The maximum atomic E-state index is 13.5. The third kappa shape index (κ3) is 4.98. The number of carbonyl (C=O) groups excluding carboxylic acids is 1. The van der Waals surface area contributed by atoms with Crippen LogP contribution in [0.25, 0.3) is 0 Å². The van der Waals surface area contributed by atoms with Crippen LogP contribution in [0.1, 0.15) is 5.56 Å².